The molecule has 5 aromatic rings. The fourth-order valence-corrected chi connectivity index (χ4v) is 8.42. The van der Waals surface area contributed by atoms with Gasteiger partial charge in [0.2, 0.25) is 12.4 Å². The Balaban J connectivity index is 1.17. The molecule has 0 bridgehead atoms. The van der Waals surface area contributed by atoms with Crippen molar-refractivity contribution in [2.24, 2.45) is 10.6 Å². The number of ether oxygens (including phenoxy) is 3. The maximum atomic E-state index is 14.4. The number of pyridine rings is 1. The molecule has 14 nitrogen and oxygen atoms in total. The molecule has 0 unspecified atom stereocenters. The van der Waals surface area contributed by atoms with Gasteiger partial charge in [-0.3, -0.25) is 24.3 Å². The topological polar surface area (TPSA) is 185 Å². The van der Waals surface area contributed by atoms with Gasteiger partial charge in [-0.1, -0.05) is 102 Å². The largest absolute Gasteiger partial charge is 0.488 e. The highest BCUT2D eigenvalue weighted by atomic mass is 32.2. The van der Waals surface area contributed by atoms with E-state index in [-0.39, 0.29) is 34.6 Å². The standard InChI is InChI=1S/C45H42N6O8S2/c1-44(2,3)42(55)58-28-57-41(54)37-29(15-14-24-56-33-22-13-23-47-25-33)26-60-40-36(39(53)51(37)40)49-38(52)35(34-27-61-43(46)48-34)50-59-45(30-16-7-4-8-17-30,31-18-9-5-10-19-31)32-20-11-6-12-21-32/h4-23,25,27,36,40H,24,26,28H2,1-3H3,(H2,46,48)(H,49,52)/b15-14-,50-35?/t36-,40-/m1/s1. The zero-order chi connectivity index (χ0) is 43.0. The third kappa shape index (κ3) is 9.35. The minimum atomic E-state index is -1.33. The number of anilines is 1. The molecule has 3 aromatic carbocycles. The maximum absolute atomic E-state index is 14.4. The quantitative estimate of drug-likeness (QED) is 0.0304. The van der Waals surface area contributed by atoms with Crippen LogP contribution >= 0.6 is 23.1 Å². The van der Waals surface area contributed by atoms with Crippen LogP contribution in [0.2, 0.25) is 0 Å². The normalized spacial score (nSPS) is 16.7. The van der Waals surface area contributed by atoms with Gasteiger partial charge in [0.05, 0.1) is 11.6 Å². The molecule has 312 valence electrons. The molecule has 0 radical (unpaired) electrons. The third-order valence-corrected chi connectivity index (χ3v) is 11.5. The maximum Gasteiger partial charge on any atom is 0.358 e. The van der Waals surface area contributed by atoms with E-state index in [0.717, 1.165) is 28.0 Å². The molecule has 4 heterocycles. The van der Waals surface area contributed by atoms with E-state index in [1.807, 2.05) is 91.0 Å². The van der Waals surface area contributed by atoms with Gasteiger partial charge in [-0.25, -0.2) is 9.78 Å². The molecule has 1 saturated heterocycles. The van der Waals surface area contributed by atoms with E-state index < -0.39 is 53.0 Å². The van der Waals surface area contributed by atoms with Gasteiger partial charge in [0, 0.05) is 34.0 Å². The first-order valence-electron chi connectivity index (χ1n) is 19.1. The number of rotatable bonds is 15. The van der Waals surface area contributed by atoms with Gasteiger partial charge in [0.1, 0.15) is 35.2 Å². The Morgan fingerprint density at radius 3 is 2.11 bits per heavy atom. The number of carbonyl (C=O) groups excluding carboxylic acids is 4. The number of benzene rings is 3. The molecule has 2 aliphatic heterocycles. The average Bonchev–Trinajstić information content (AvgIpc) is 3.71. The number of esters is 2. The average molecular weight is 859 g/mol. The molecule has 0 spiro atoms. The van der Waals surface area contributed by atoms with Crippen LogP contribution in [-0.4, -0.2) is 74.9 Å². The number of thiazole rings is 1. The predicted molar refractivity (Wildman–Crippen MR) is 231 cm³/mol. The first-order valence-corrected chi connectivity index (χ1v) is 21.1. The van der Waals surface area contributed by atoms with Crippen LogP contribution in [0.25, 0.3) is 0 Å². The third-order valence-electron chi connectivity index (χ3n) is 9.56. The zero-order valence-corrected chi connectivity index (χ0v) is 35.1. The molecule has 61 heavy (non-hydrogen) atoms. The summed E-state index contributed by atoms with van der Waals surface area (Å²) in [6.07, 6.45) is 6.57. The van der Waals surface area contributed by atoms with Crippen molar-refractivity contribution in [3.8, 4) is 5.75 Å². The van der Waals surface area contributed by atoms with Crippen molar-refractivity contribution in [1.29, 1.82) is 0 Å². The Hall–Kier alpha value is -6.78. The van der Waals surface area contributed by atoms with Gasteiger partial charge in [-0.05, 0) is 44.6 Å². The number of oxime groups is 1. The minimum absolute atomic E-state index is 0.0495. The van der Waals surface area contributed by atoms with Crippen LogP contribution in [0.4, 0.5) is 5.13 Å². The summed E-state index contributed by atoms with van der Waals surface area (Å²) in [5.41, 5.74) is 6.44. The van der Waals surface area contributed by atoms with E-state index in [2.05, 4.69) is 20.4 Å². The summed E-state index contributed by atoms with van der Waals surface area (Å²) in [7, 11) is 0. The molecular formula is C45H42N6O8S2. The summed E-state index contributed by atoms with van der Waals surface area (Å²) in [5, 5.41) is 8.43. The van der Waals surface area contributed by atoms with Gasteiger partial charge in [0.25, 0.3) is 11.8 Å². The lowest BCUT2D eigenvalue weighted by atomic mass is 9.80. The fraction of sp³-hybridized carbons (Fsp3) is 0.222. The molecule has 2 atom stereocenters. The zero-order valence-electron chi connectivity index (χ0n) is 33.4. The number of amides is 2. The summed E-state index contributed by atoms with van der Waals surface area (Å²) in [5.74, 6) is -1.98. The molecule has 0 saturated carbocycles. The number of carbonyl (C=O) groups is 4. The highest BCUT2D eigenvalue weighted by Crippen LogP contribution is 2.42. The monoisotopic (exact) mass is 858 g/mol. The number of nitrogens with zero attached hydrogens (tertiary/aromatic N) is 4. The summed E-state index contributed by atoms with van der Waals surface area (Å²) < 4.78 is 16.3. The second-order valence-electron chi connectivity index (χ2n) is 14.7. The van der Waals surface area contributed by atoms with Crippen molar-refractivity contribution in [2.45, 2.75) is 37.8 Å². The molecule has 1 fully saturated rings. The smallest absolute Gasteiger partial charge is 0.358 e. The van der Waals surface area contributed by atoms with Crippen LogP contribution in [0.3, 0.4) is 0 Å². The second-order valence-corrected chi connectivity index (χ2v) is 16.7. The van der Waals surface area contributed by atoms with Crippen molar-refractivity contribution < 1.29 is 38.2 Å². The van der Waals surface area contributed by atoms with E-state index in [4.69, 9.17) is 24.8 Å². The second kappa shape index (κ2) is 18.6. The summed E-state index contributed by atoms with van der Waals surface area (Å²) in [6, 6.07) is 30.9. The Labute approximate surface area is 360 Å². The SMILES string of the molecule is CC(C)(C)C(=O)OCOC(=O)C1=C(/C=C\COc2cccnc2)CS[C@@H]2[C@H](NC(=O)C(=NOC(c3ccccc3)(c3ccccc3)c3ccccc3)c3csc(N)n3)C(=O)N12. The fourth-order valence-electron chi connectivity index (χ4n) is 6.55. The Bertz CT molecular complexity index is 2360. The van der Waals surface area contributed by atoms with Gasteiger partial charge in [0.15, 0.2) is 10.8 Å². The molecular weight excluding hydrogens is 817 g/mol. The summed E-state index contributed by atoms with van der Waals surface area (Å²) >= 11 is 2.45. The lowest BCUT2D eigenvalue weighted by Crippen LogP contribution is -2.71. The molecule has 2 aliphatic rings. The van der Waals surface area contributed by atoms with Crippen LogP contribution in [-0.2, 0) is 39.1 Å². The van der Waals surface area contributed by atoms with Crippen molar-refractivity contribution in [2.75, 3.05) is 24.9 Å². The number of β-lactam (4-membered cyclic amide) rings is 1. The van der Waals surface area contributed by atoms with E-state index in [1.165, 1.54) is 16.7 Å². The van der Waals surface area contributed by atoms with E-state index in [0.29, 0.717) is 11.3 Å². The molecule has 2 aromatic heterocycles. The van der Waals surface area contributed by atoms with Gasteiger partial charge >= 0.3 is 11.9 Å². The highest BCUT2D eigenvalue weighted by molar-refractivity contribution is 8.00. The number of thioether (sulfide) groups is 1. The first kappa shape index (κ1) is 42.3. The number of aromatic nitrogens is 2. The number of allylic oxidation sites excluding steroid dienone is 1. The number of nitrogens with two attached hydrogens (primary N) is 1. The Morgan fingerprint density at radius 2 is 1.56 bits per heavy atom. The summed E-state index contributed by atoms with van der Waals surface area (Å²) in [6.45, 7) is 4.50. The van der Waals surface area contributed by atoms with E-state index in [9.17, 15) is 19.2 Å². The highest BCUT2D eigenvalue weighted by Gasteiger charge is 2.54. The molecule has 0 aliphatic carbocycles. The number of nitrogen functional groups attached to an aromatic ring is 1. The number of hydrogen-bond acceptors (Lipinski definition) is 14. The van der Waals surface area contributed by atoms with Crippen molar-refractivity contribution in [1.82, 2.24) is 20.2 Å². The molecule has 7 rings (SSSR count). The number of fused-ring (bicyclic) bond motifs is 1. The van der Waals surface area contributed by atoms with Gasteiger partial charge in [-0.2, -0.15) is 0 Å². The molecule has 3 N–H and O–H groups in total. The van der Waals surface area contributed by atoms with Crippen LogP contribution < -0.4 is 15.8 Å². The van der Waals surface area contributed by atoms with E-state index >= 15 is 0 Å². The van der Waals surface area contributed by atoms with Crippen LogP contribution in [0.15, 0.2) is 149 Å². The Kier molecular flexibility index (Phi) is 12.9. The van der Waals surface area contributed by atoms with Gasteiger partial charge < -0.3 is 30.1 Å². The lowest BCUT2D eigenvalue weighted by molar-refractivity contribution is -0.173. The molecule has 2 amide bonds. The van der Waals surface area contributed by atoms with Gasteiger partial charge in [-0.15, -0.1) is 23.1 Å². The van der Waals surface area contributed by atoms with Crippen molar-refractivity contribution in [3.63, 3.8) is 0 Å². The van der Waals surface area contributed by atoms with Crippen molar-refractivity contribution >= 4 is 57.7 Å². The minimum Gasteiger partial charge on any atom is -0.488 e. The van der Waals surface area contributed by atoms with Crippen LogP contribution in [0, 0.1) is 5.41 Å². The number of hydrogen-bond donors (Lipinski definition) is 2. The lowest BCUT2D eigenvalue weighted by Gasteiger charge is -2.49. The van der Waals surface area contributed by atoms with Crippen LogP contribution in [0.5, 0.6) is 5.75 Å². The summed E-state index contributed by atoms with van der Waals surface area (Å²) in [4.78, 5) is 70.9. The van der Waals surface area contributed by atoms with E-state index in [1.54, 1.807) is 62.8 Å². The van der Waals surface area contributed by atoms with Crippen molar-refractivity contribution in [3.05, 3.63) is 167 Å². The molecule has 16 heteroatoms. The first-order chi connectivity index (χ1) is 29.5. The number of nitrogens with one attached hydrogen (secondary N) is 1. The van der Waals surface area contributed by atoms with Crippen LogP contribution in [0.1, 0.15) is 43.2 Å². The predicted octanol–water partition coefficient (Wildman–Crippen LogP) is 6.21. The Morgan fingerprint density at radius 1 is 0.918 bits per heavy atom.